The summed E-state index contributed by atoms with van der Waals surface area (Å²) in [5.41, 5.74) is 6.32. The number of thioether (sulfide) groups is 1. The van der Waals surface area contributed by atoms with E-state index in [0.29, 0.717) is 15.8 Å². The molecule has 2 N–H and O–H groups in total. The number of benzene rings is 1. The van der Waals surface area contributed by atoms with Gasteiger partial charge in [-0.15, -0.1) is 0 Å². The minimum atomic E-state index is -0.742. The van der Waals surface area contributed by atoms with Crippen molar-refractivity contribution in [3.8, 4) is 0 Å². The number of aliphatic imine (C=N–C) groups is 3. The second kappa shape index (κ2) is 7.86. The van der Waals surface area contributed by atoms with Crippen LogP contribution in [0.3, 0.4) is 0 Å². The molecule has 10 heteroatoms. The van der Waals surface area contributed by atoms with Gasteiger partial charge in [0.2, 0.25) is 0 Å². The highest BCUT2D eigenvalue weighted by molar-refractivity contribution is 8.13. The maximum atomic E-state index is 12.1. The Balaban J connectivity index is 1.71. The standard InChI is InChI=1S/C16H10Cl2N4O3S/c17-9-4-3-8(6-10(9)18)7-26-16-21-13(19)12(15(24)22-16)20-14(23)11-2-1-5-25-11/h1-6H,7H2,(H2,19,21,22,24). The van der Waals surface area contributed by atoms with Gasteiger partial charge in [-0.2, -0.15) is 9.98 Å². The molecule has 1 aliphatic rings. The summed E-state index contributed by atoms with van der Waals surface area (Å²) in [4.78, 5) is 35.5. The maximum absolute atomic E-state index is 12.1. The van der Waals surface area contributed by atoms with E-state index >= 15 is 0 Å². The van der Waals surface area contributed by atoms with Crippen LogP contribution in [0.2, 0.25) is 10.0 Å². The molecule has 2 aromatic rings. The Hall–Kier alpha value is -2.42. The first kappa shape index (κ1) is 18.4. The van der Waals surface area contributed by atoms with Crippen molar-refractivity contribution < 1.29 is 14.0 Å². The average molecular weight is 409 g/mol. The molecular weight excluding hydrogens is 399 g/mol. The van der Waals surface area contributed by atoms with Gasteiger partial charge in [-0.05, 0) is 29.8 Å². The van der Waals surface area contributed by atoms with Crippen molar-refractivity contribution in [3.63, 3.8) is 0 Å². The van der Waals surface area contributed by atoms with Gasteiger partial charge < -0.3 is 10.2 Å². The fourth-order valence-corrected chi connectivity index (χ4v) is 3.04. The molecule has 0 saturated carbocycles. The first-order valence-corrected chi connectivity index (χ1v) is 8.89. The number of carbonyl (C=O) groups excluding carboxylic acids is 2. The smallest absolute Gasteiger partial charge is 0.313 e. The Morgan fingerprint density at radius 1 is 1.23 bits per heavy atom. The summed E-state index contributed by atoms with van der Waals surface area (Å²) in [5, 5.41) is 1.05. The van der Waals surface area contributed by atoms with E-state index in [4.69, 9.17) is 33.4 Å². The molecule has 2 heterocycles. The molecule has 0 fully saturated rings. The second-order valence-electron chi connectivity index (χ2n) is 4.98. The Morgan fingerprint density at radius 3 is 2.69 bits per heavy atom. The lowest BCUT2D eigenvalue weighted by molar-refractivity contribution is -0.111. The molecule has 1 aromatic carbocycles. The zero-order chi connectivity index (χ0) is 18.7. The number of amides is 2. The van der Waals surface area contributed by atoms with Crippen molar-refractivity contribution in [1.82, 2.24) is 0 Å². The van der Waals surface area contributed by atoms with Crippen molar-refractivity contribution in [3.05, 3.63) is 58.0 Å². The molecule has 0 bridgehead atoms. The summed E-state index contributed by atoms with van der Waals surface area (Å²) in [6.07, 6.45) is 1.32. The quantitative estimate of drug-likeness (QED) is 0.836. The Labute approximate surface area is 162 Å². The minimum Gasteiger partial charge on any atom is -0.459 e. The van der Waals surface area contributed by atoms with Crippen molar-refractivity contribution in [1.29, 1.82) is 0 Å². The lowest BCUT2D eigenvalue weighted by atomic mass is 10.2. The van der Waals surface area contributed by atoms with Gasteiger partial charge in [0, 0.05) is 5.75 Å². The molecule has 3 rings (SSSR count). The third-order valence-corrected chi connectivity index (χ3v) is 4.81. The van der Waals surface area contributed by atoms with Gasteiger partial charge >= 0.3 is 11.8 Å². The summed E-state index contributed by atoms with van der Waals surface area (Å²) in [7, 11) is 0. The molecule has 0 radical (unpaired) electrons. The first-order valence-electron chi connectivity index (χ1n) is 7.15. The number of nitrogens with two attached hydrogens (primary N) is 1. The monoisotopic (exact) mass is 408 g/mol. The zero-order valence-electron chi connectivity index (χ0n) is 13.0. The number of halogens is 2. The molecule has 1 aliphatic heterocycles. The largest absolute Gasteiger partial charge is 0.459 e. The van der Waals surface area contributed by atoms with Crippen molar-refractivity contribution >= 4 is 63.5 Å². The second-order valence-corrected chi connectivity index (χ2v) is 6.73. The minimum absolute atomic E-state index is 0.0122. The molecular formula is C16H10Cl2N4O3S. The van der Waals surface area contributed by atoms with Crippen LogP contribution in [0.4, 0.5) is 0 Å². The van der Waals surface area contributed by atoms with Crippen molar-refractivity contribution in [2.75, 3.05) is 0 Å². The van der Waals surface area contributed by atoms with E-state index in [1.165, 1.54) is 30.2 Å². The Kier molecular flexibility index (Phi) is 5.55. The predicted octanol–water partition coefficient (Wildman–Crippen LogP) is 3.35. The number of furan rings is 1. The Morgan fingerprint density at radius 2 is 2.04 bits per heavy atom. The van der Waals surface area contributed by atoms with E-state index in [1.54, 1.807) is 18.2 Å². The fraction of sp³-hybridized carbons (Fsp3) is 0.0625. The van der Waals surface area contributed by atoms with Crippen LogP contribution in [0.1, 0.15) is 16.1 Å². The van der Waals surface area contributed by atoms with Gasteiger partial charge in [0.15, 0.2) is 22.5 Å². The van der Waals surface area contributed by atoms with Gasteiger partial charge in [0.25, 0.3) is 0 Å². The summed E-state index contributed by atoms with van der Waals surface area (Å²) >= 11 is 13.0. The molecule has 26 heavy (non-hydrogen) atoms. The summed E-state index contributed by atoms with van der Waals surface area (Å²) in [6.45, 7) is 0. The summed E-state index contributed by atoms with van der Waals surface area (Å²) in [5.74, 6) is -1.21. The van der Waals surface area contributed by atoms with Crippen LogP contribution in [-0.2, 0) is 10.5 Å². The normalized spacial score (nSPS) is 15.8. The van der Waals surface area contributed by atoms with E-state index < -0.39 is 11.8 Å². The SMILES string of the molecule is NC1=NC(SCc2ccc(Cl)c(Cl)c2)=NC(=O)C1=NC(=O)c1ccco1. The Bertz CT molecular complexity index is 968. The molecule has 0 atom stereocenters. The van der Waals surface area contributed by atoms with Crippen LogP contribution < -0.4 is 5.73 Å². The molecule has 7 nitrogen and oxygen atoms in total. The fourth-order valence-electron chi connectivity index (χ4n) is 1.93. The van der Waals surface area contributed by atoms with Crippen LogP contribution in [0.15, 0.2) is 56.0 Å². The molecule has 0 aliphatic carbocycles. The van der Waals surface area contributed by atoms with Crippen molar-refractivity contribution in [2.24, 2.45) is 20.7 Å². The molecule has 0 spiro atoms. The van der Waals surface area contributed by atoms with Crippen LogP contribution in [0.5, 0.6) is 0 Å². The van der Waals surface area contributed by atoms with E-state index in [2.05, 4.69) is 15.0 Å². The molecule has 0 unspecified atom stereocenters. The topological polar surface area (TPSA) is 110 Å². The summed E-state index contributed by atoms with van der Waals surface area (Å²) in [6, 6.07) is 8.15. The highest BCUT2D eigenvalue weighted by Crippen LogP contribution is 2.25. The molecule has 132 valence electrons. The van der Waals surface area contributed by atoms with Gasteiger partial charge in [0.05, 0.1) is 16.3 Å². The van der Waals surface area contributed by atoms with Gasteiger partial charge in [-0.1, -0.05) is 41.0 Å². The van der Waals surface area contributed by atoms with E-state index in [9.17, 15) is 9.59 Å². The van der Waals surface area contributed by atoms with Crippen LogP contribution >= 0.6 is 35.0 Å². The highest BCUT2D eigenvalue weighted by atomic mass is 35.5. The molecule has 1 aromatic heterocycles. The zero-order valence-corrected chi connectivity index (χ0v) is 15.3. The van der Waals surface area contributed by atoms with E-state index in [1.807, 2.05) is 0 Å². The highest BCUT2D eigenvalue weighted by Gasteiger charge is 2.24. The molecule has 2 amide bonds. The number of rotatable bonds is 3. The number of hydrogen-bond acceptors (Lipinski definition) is 6. The third kappa shape index (κ3) is 4.21. The van der Waals surface area contributed by atoms with E-state index in [-0.39, 0.29) is 22.5 Å². The average Bonchev–Trinajstić information content (AvgIpc) is 3.14. The van der Waals surface area contributed by atoms with Gasteiger partial charge in [0.1, 0.15) is 0 Å². The number of carbonyl (C=O) groups is 2. The lowest BCUT2D eigenvalue weighted by Crippen LogP contribution is -2.35. The number of nitrogens with zero attached hydrogens (tertiary/aromatic N) is 3. The molecule has 0 saturated heterocycles. The van der Waals surface area contributed by atoms with Gasteiger partial charge in [-0.3, -0.25) is 9.59 Å². The third-order valence-electron chi connectivity index (χ3n) is 3.16. The van der Waals surface area contributed by atoms with Crippen LogP contribution in [0.25, 0.3) is 0 Å². The van der Waals surface area contributed by atoms with Crippen LogP contribution in [0, 0.1) is 0 Å². The predicted molar refractivity (Wildman–Crippen MR) is 102 cm³/mol. The number of amidine groups is 2. The van der Waals surface area contributed by atoms with E-state index in [0.717, 1.165) is 5.56 Å². The first-order chi connectivity index (χ1) is 12.4. The summed E-state index contributed by atoms with van der Waals surface area (Å²) < 4.78 is 4.93. The van der Waals surface area contributed by atoms with Crippen LogP contribution in [-0.4, -0.2) is 28.5 Å². The van der Waals surface area contributed by atoms with Crippen molar-refractivity contribution in [2.45, 2.75) is 5.75 Å². The maximum Gasteiger partial charge on any atom is 0.313 e. The van der Waals surface area contributed by atoms with Gasteiger partial charge in [-0.25, -0.2) is 4.99 Å². The number of hydrogen-bond donors (Lipinski definition) is 1. The lowest BCUT2D eigenvalue weighted by Gasteiger charge is -2.09.